The second kappa shape index (κ2) is 9.03. The van der Waals surface area contributed by atoms with E-state index in [2.05, 4.69) is 15.5 Å². The summed E-state index contributed by atoms with van der Waals surface area (Å²) in [5, 5.41) is 20.9. The van der Waals surface area contributed by atoms with Crippen molar-refractivity contribution in [3.63, 3.8) is 0 Å². The first-order valence-electron chi connectivity index (χ1n) is 7.71. The number of aromatic nitrogens is 2. The van der Waals surface area contributed by atoms with Gasteiger partial charge in [0.2, 0.25) is 11.0 Å². The number of furan rings is 1. The third-order valence-electron chi connectivity index (χ3n) is 3.32. The monoisotopic (exact) mass is 385 g/mol. The molecule has 2 heterocycles. The van der Waals surface area contributed by atoms with Gasteiger partial charge in [0.15, 0.2) is 4.34 Å². The first-order chi connectivity index (χ1) is 12.8. The van der Waals surface area contributed by atoms with Gasteiger partial charge in [-0.2, -0.15) is 5.26 Å². The van der Waals surface area contributed by atoms with Gasteiger partial charge in [-0.1, -0.05) is 41.3 Å². The van der Waals surface area contributed by atoms with Crippen molar-refractivity contribution in [2.24, 2.45) is 0 Å². The van der Waals surface area contributed by atoms with E-state index in [1.165, 1.54) is 28.0 Å². The number of nitriles is 1. The van der Waals surface area contributed by atoms with Crippen LogP contribution in [0.15, 0.2) is 57.5 Å². The van der Waals surface area contributed by atoms with Crippen LogP contribution in [0.5, 0.6) is 0 Å². The fourth-order valence-corrected chi connectivity index (χ4v) is 3.74. The lowest BCUT2D eigenvalue weighted by molar-refractivity contribution is -0.116. The number of hydrogen-bond donors (Lipinski definition) is 1. The topological polar surface area (TPSA) is 95.0 Å². The van der Waals surface area contributed by atoms with Gasteiger partial charge in [0.1, 0.15) is 12.3 Å². The number of carbonyl (C=O) groups excluding carboxylic acids is 1. The van der Waals surface area contributed by atoms with Crippen molar-refractivity contribution in [1.82, 2.24) is 10.2 Å². The van der Waals surface area contributed by atoms with Gasteiger partial charge < -0.3 is 9.73 Å². The van der Waals surface area contributed by atoms with Gasteiger partial charge in [-0.05, 0) is 24.3 Å². The maximum atomic E-state index is 12.5. The third-order valence-corrected chi connectivity index (χ3v) is 5.32. The lowest BCUT2D eigenvalue weighted by Crippen LogP contribution is -2.32. The average Bonchev–Trinajstić information content (AvgIpc) is 3.35. The fourth-order valence-electron chi connectivity index (χ4n) is 2.12. The SMILES string of the molecule is N#CCN(C(=O)CSc1nnc(NCc2ccco2)s1)c1ccccc1. The van der Waals surface area contributed by atoms with E-state index in [1.807, 2.05) is 48.5 Å². The predicted octanol–water partition coefficient (Wildman–Crippen LogP) is 3.39. The predicted molar refractivity (Wildman–Crippen MR) is 101 cm³/mol. The van der Waals surface area contributed by atoms with Crippen LogP contribution in [0.2, 0.25) is 0 Å². The first kappa shape index (κ1) is 18.0. The van der Waals surface area contributed by atoms with E-state index >= 15 is 0 Å². The van der Waals surface area contributed by atoms with Crippen LogP contribution in [0.1, 0.15) is 5.76 Å². The van der Waals surface area contributed by atoms with Crippen molar-refractivity contribution in [1.29, 1.82) is 5.26 Å². The Labute approximate surface area is 158 Å². The molecule has 26 heavy (non-hydrogen) atoms. The minimum Gasteiger partial charge on any atom is -0.467 e. The van der Waals surface area contributed by atoms with Gasteiger partial charge in [-0.15, -0.1) is 10.2 Å². The molecule has 132 valence electrons. The number of amides is 1. The van der Waals surface area contributed by atoms with Crippen LogP contribution >= 0.6 is 23.1 Å². The van der Waals surface area contributed by atoms with E-state index in [4.69, 9.17) is 9.68 Å². The Morgan fingerprint density at radius 2 is 2.12 bits per heavy atom. The Kier molecular flexibility index (Phi) is 6.24. The maximum absolute atomic E-state index is 12.5. The van der Waals surface area contributed by atoms with E-state index in [0.717, 1.165) is 5.76 Å². The summed E-state index contributed by atoms with van der Waals surface area (Å²) in [6, 6.07) is 14.9. The zero-order valence-corrected chi connectivity index (χ0v) is 15.3. The molecular formula is C17H15N5O2S2. The second-order valence-electron chi connectivity index (χ2n) is 5.07. The van der Waals surface area contributed by atoms with Crippen molar-refractivity contribution in [3.8, 4) is 6.07 Å². The molecule has 0 aliphatic carbocycles. The molecule has 1 aromatic carbocycles. The van der Waals surface area contributed by atoms with E-state index in [-0.39, 0.29) is 18.2 Å². The Morgan fingerprint density at radius 3 is 2.85 bits per heavy atom. The molecular weight excluding hydrogens is 370 g/mol. The number of rotatable bonds is 8. The molecule has 3 aromatic rings. The first-order valence-corrected chi connectivity index (χ1v) is 9.51. The summed E-state index contributed by atoms with van der Waals surface area (Å²) in [6.07, 6.45) is 1.61. The van der Waals surface area contributed by atoms with Crippen molar-refractivity contribution in [3.05, 3.63) is 54.5 Å². The minimum atomic E-state index is -0.150. The van der Waals surface area contributed by atoms with Crippen LogP contribution in [0, 0.1) is 11.3 Å². The van der Waals surface area contributed by atoms with Gasteiger partial charge >= 0.3 is 0 Å². The molecule has 0 aliphatic heterocycles. The quantitative estimate of drug-likeness (QED) is 0.469. The normalized spacial score (nSPS) is 10.3. The molecule has 2 aromatic heterocycles. The number of hydrogen-bond acceptors (Lipinski definition) is 8. The largest absolute Gasteiger partial charge is 0.467 e. The molecule has 0 bridgehead atoms. The van der Waals surface area contributed by atoms with E-state index in [1.54, 1.807) is 6.26 Å². The lowest BCUT2D eigenvalue weighted by Gasteiger charge is -2.19. The van der Waals surface area contributed by atoms with Crippen molar-refractivity contribution >= 4 is 39.8 Å². The Morgan fingerprint density at radius 1 is 1.27 bits per heavy atom. The van der Waals surface area contributed by atoms with Crippen LogP contribution in [0.4, 0.5) is 10.8 Å². The molecule has 0 aliphatic rings. The molecule has 0 saturated carbocycles. The molecule has 3 rings (SSSR count). The summed E-state index contributed by atoms with van der Waals surface area (Å²) < 4.78 is 5.93. The van der Waals surface area contributed by atoms with E-state index in [0.29, 0.717) is 21.7 Å². The molecule has 1 amide bonds. The molecule has 0 radical (unpaired) electrons. The molecule has 0 saturated heterocycles. The van der Waals surface area contributed by atoms with E-state index in [9.17, 15) is 4.79 Å². The number of thioether (sulfide) groups is 1. The summed E-state index contributed by atoms with van der Waals surface area (Å²) in [4.78, 5) is 13.9. The van der Waals surface area contributed by atoms with Crippen LogP contribution in [0.3, 0.4) is 0 Å². The second-order valence-corrected chi connectivity index (χ2v) is 7.27. The molecule has 0 spiro atoms. The maximum Gasteiger partial charge on any atom is 0.238 e. The molecule has 0 fully saturated rings. The number of anilines is 2. The zero-order chi connectivity index (χ0) is 18.2. The van der Waals surface area contributed by atoms with Crippen LogP contribution < -0.4 is 10.2 Å². The fraction of sp³-hybridized carbons (Fsp3) is 0.176. The highest BCUT2D eigenvalue weighted by Gasteiger charge is 2.16. The molecule has 0 atom stereocenters. The third kappa shape index (κ3) is 4.84. The number of nitrogens with zero attached hydrogens (tertiary/aromatic N) is 4. The Hall–Kier alpha value is -2.83. The highest BCUT2D eigenvalue weighted by atomic mass is 32.2. The van der Waals surface area contributed by atoms with Crippen LogP contribution in [-0.2, 0) is 11.3 Å². The number of para-hydroxylation sites is 1. The number of benzene rings is 1. The van der Waals surface area contributed by atoms with Crippen molar-refractivity contribution in [2.75, 3.05) is 22.5 Å². The molecule has 0 unspecified atom stereocenters. The lowest BCUT2D eigenvalue weighted by atomic mass is 10.3. The van der Waals surface area contributed by atoms with Gasteiger partial charge in [0.25, 0.3) is 0 Å². The van der Waals surface area contributed by atoms with Gasteiger partial charge in [0, 0.05) is 5.69 Å². The van der Waals surface area contributed by atoms with Crippen molar-refractivity contribution < 1.29 is 9.21 Å². The minimum absolute atomic E-state index is 0.00940. The standard InChI is InChI=1S/C17H15N5O2S2/c18-8-9-22(13-5-2-1-3-6-13)15(23)12-25-17-21-20-16(26-17)19-11-14-7-4-10-24-14/h1-7,10H,9,11-12H2,(H,19,20). The Bertz CT molecular complexity index is 874. The van der Waals surface area contributed by atoms with Gasteiger partial charge in [-0.3, -0.25) is 9.69 Å². The van der Waals surface area contributed by atoms with Gasteiger partial charge in [-0.25, -0.2) is 0 Å². The highest BCUT2D eigenvalue weighted by molar-refractivity contribution is 8.01. The average molecular weight is 385 g/mol. The molecule has 7 nitrogen and oxygen atoms in total. The summed E-state index contributed by atoms with van der Waals surface area (Å²) in [5.74, 6) is 0.839. The number of nitrogens with one attached hydrogen (secondary N) is 1. The summed E-state index contributed by atoms with van der Waals surface area (Å²) in [7, 11) is 0. The van der Waals surface area contributed by atoms with Crippen LogP contribution in [-0.4, -0.2) is 28.4 Å². The van der Waals surface area contributed by atoms with Gasteiger partial charge in [0.05, 0.1) is 24.6 Å². The summed E-state index contributed by atoms with van der Waals surface area (Å²) in [5.41, 5.74) is 0.706. The highest BCUT2D eigenvalue weighted by Crippen LogP contribution is 2.26. The summed E-state index contributed by atoms with van der Waals surface area (Å²) in [6.45, 7) is 0.532. The number of carbonyl (C=O) groups is 1. The van der Waals surface area contributed by atoms with Crippen LogP contribution in [0.25, 0.3) is 0 Å². The van der Waals surface area contributed by atoms with Crippen molar-refractivity contribution in [2.45, 2.75) is 10.9 Å². The molecule has 1 N–H and O–H groups in total. The molecule has 9 heteroatoms. The Balaban J connectivity index is 1.54. The van der Waals surface area contributed by atoms with E-state index < -0.39 is 0 Å². The zero-order valence-electron chi connectivity index (χ0n) is 13.7. The summed E-state index contributed by atoms with van der Waals surface area (Å²) >= 11 is 2.67. The smallest absolute Gasteiger partial charge is 0.238 e.